The van der Waals surface area contributed by atoms with Gasteiger partial charge in [0, 0.05) is 12.0 Å². The predicted octanol–water partition coefficient (Wildman–Crippen LogP) is 7.90. The molecule has 1 atom stereocenters. The third-order valence-electron chi connectivity index (χ3n) is 6.29. The Hall–Kier alpha value is -2.95. The van der Waals surface area contributed by atoms with Crippen LogP contribution < -0.4 is 0 Å². The molecule has 0 saturated carbocycles. The fourth-order valence-corrected chi connectivity index (χ4v) is 4.99. The van der Waals surface area contributed by atoms with Crippen LogP contribution in [0.2, 0.25) is 5.02 Å². The summed E-state index contributed by atoms with van der Waals surface area (Å²) in [7, 11) is 0. The molecule has 1 aromatic heterocycles. The van der Waals surface area contributed by atoms with E-state index < -0.39 is 0 Å². The Morgan fingerprint density at radius 3 is 2.64 bits per heavy atom. The molecule has 2 heterocycles. The Morgan fingerprint density at radius 2 is 1.91 bits per heavy atom. The fraction of sp³-hybridized carbons (Fsp3) is 0.250. The van der Waals surface area contributed by atoms with Crippen LogP contribution in [-0.2, 0) is 4.74 Å². The minimum atomic E-state index is -0.334. The number of rotatable bonds is 5. The van der Waals surface area contributed by atoms with E-state index in [4.69, 9.17) is 16.3 Å². The lowest BCUT2D eigenvalue weighted by molar-refractivity contribution is -0.0366. The van der Waals surface area contributed by atoms with Crippen molar-refractivity contribution in [2.75, 3.05) is 6.61 Å². The summed E-state index contributed by atoms with van der Waals surface area (Å²) in [5.74, 6) is -0.334. The van der Waals surface area contributed by atoms with Crippen LogP contribution in [0, 0.1) is 5.82 Å². The summed E-state index contributed by atoms with van der Waals surface area (Å²) in [6, 6.07) is 21.3. The first-order valence-electron chi connectivity index (χ1n) is 11.5. The summed E-state index contributed by atoms with van der Waals surface area (Å²) in [6.07, 6.45) is 5.91. The lowest BCUT2D eigenvalue weighted by Gasteiger charge is -2.23. The molecular weight excluding hydrogens is 435 g/mol. The minimum Gasteiger partial charge on any atom is -0.356 e. The van der Waals surface area contributed by atoms with Crippen molar-refractivity contribution in [3.8, 4) is 0 Å². The van der Waals surface area contributed by atoms with Crippen LogP contribution in [0.4, 0.5) is 4.39 Å². The summed E-state index contributed by atoms with van der Waals surface area (Å²) in [5.41, 5.74) is 6.26. The molecule has 3 aromatic carbocycles. The third kappa shape index (κ3) is 4.33. The van der Waals surface area contributed by atoms with Crippen LogP contribution in [0.1, 0.15) is 55.5 Å². The second-order valence-electron chi connectivity index (χ2n) is 8.38. The highest BCUT2D eigenvalue weighted by Crippen LogP contribution is 2.38. The molecule has 5 heteroatoms. The van der Waals surface area contributed by atoms with E-state index in [-0.39, 0.29) is 12.0 Å². The molecule has 1 fully saturated rings. The molecule has 0 spiro atoms. The van der Waals surface area contributed by atoms with Gasteiger partial charge in [0.15, 0.2) is 6.23 Å². The van der Waals surface area contributed by atoms with Gasteiger partial charge in [0.25, 0.3) is 0 Å². The Balaban J connectivity index is 1.68. The zero-order valence-electron chi connectivity index (χ0n) is 18.6. The quantitative estimate of drug-likeness (QED) is 0.283. The molecule has 1 unspecified atom stereocenters. The van der Waals surface area contributed by atoms with Crippen molar-refractivity contribution < 1.29 is 9.13 Å². The molecule has 0 radical (unpaired) electrons. The number of benzene rings is 3. The Labute approximate surface area is 198 Å². The van der Waals surface area contributed by atoms with Crippen molar-refractivity contribution >= 4 is 33.7 Å². The SMILES string of the molecule is CC/C(=C(\c1ccccc1)c1ccc2c(cnn2C2CCCCO2)c1)c1ccc(F)cc1Cl. The molecule has 3 nitrogen and oxygen atoms in total. The summed E-state index contributed by atoms with van der Waals surface area (Å²) in [5, 5.41) is 6.14. The van der Waals surface area contributed by atoms with Crippen LogP contribution in [0.3, 0.4) is 0 Å². The average Bonchev–Trinajstić information content (AvgIpc) is 3.27. The number of halogens is 2. The van der Waals surface area contributed by atoms with E-state index >= 15 is 0 Å². The minimum absolute atomic E-state index is 0.00420. The monoisotopic (exact) mass is 460 g/mol. The first-order valence-corrected chi connectivity index (χ1v) is 11.9. The molecule has 1 saturated heterocycles. The molecular formula is C28H26ClFN2O. The van der Waals surface area contributed by atoms with Crippen molar-refractivity contribution in [3.05, 3.63) is 100 Å². The van der Waals surface area contributed by atoms with Crippen molar-refractivity contribution in [2.24, 2.45) is 0 Å². The molecule has 0 amide bonds. The number of fused-ring (bicyclic) bond motifs is 1. The zero-order valence-corrected chi connectivity index (χ0v) is 19.4. The Morgan fingerprint density at radius 1 is 1.06 bits per heavy atom. The maximum Gasteiger partial charge on any atom is 0.150 e. The number of ether oxygens (including phenoxy) is 1. The predicted molar refractivity (Wildman–Crippen MR) is 133 cm³/mol. The van der Waals surface area contributed by atoms with E-state index in [1.54, 1.807) is 6.07 Å². The first-order chi connectivity index (χ1) is 16.2. The molecule has 33 heavy (non-hydrogen) atoms. The third-order valence-corrected chi connectivity index (χ3v) is 6.60. The number of hydrogen-bond acceptors (Lipinski definition) is 2. The van der Waals surface area contributed by atoms with E-state index in [0.717, 1.165) is 71.0 Å². The van der Waals surface area contributed by atoms with Crippen LogP contribution in [0.5, 0.6) is 0 Å². The second-order valence-corrected chi connectivity index (χ2v) is 8.79. The zero-order chi connectivity index (χ0) is 22.8. The molecule has 5 rings (SSSR count). The standard InChI is InChI=1S/C28H26ClFN2O/c1-2-23(24-13-12-22(30)17-25(24)29)28(19-8-4-3-5-9-19)20-11-14-26-21(16-20)18-31-32(26)27-10-6-7-15-33-27/h3-5,8-9,11-14,16-18,27H,2,6-7,10,15H2,1H3/b28-23-. The Kier molecular flexibility index (Phi) is 6.30. The van der Waals surface area contributed by atoms with Gasteiger partial charge in [0.1, 0.15) is 5.82 Å². The topological polar surface area (TPSA) is 27.1 Å². The molecule has 0 bridgehead atoms. The van der Waals surface area contributed by atoms with Gasteiger partial charge in [0.05, 0.1) is 16.7 Å². The highest BCUT2D eigenvalue weighted by atomic mass is 35.5. The normalized spacial score (nSPS) is 17.2. The maximum atomic E-state index is 13.8. The van der Waals surface area contributed by atoms with E-state index in [1.807, 2.05) is 29.1 Å². The molecule has 1 aliphatic rings. The average molecular weight is 461 g/mol. The number of allylic oxidation sites excluding steroid dienone is 1. The van der Waals surface area contributed by atoms with Crippen LogP contribution in [0.15, 0.2) is 72.9 Å². The van der Waals surface area contributed by atoms with Gasteiger partial charge in [-0.05, 0) is 77.8 Å². The van der Waals surface area contributed by atoms with Gasteiger partial charge >= 0.3 is 0 Å². The molecule has 1 aliphatic heterocycles. The van der Waals surface area contributed by atoms with Gasteiger partial charge in [-0.1, -0.05) is 61.0 Å². The number of hydrogen-bond donors (Lipinski definition) is 0. The molecule has 168 valence electrons. The van der Waals surface area contributed by atoms with Gasteiger partial charge in [-0.2, -0.15) is 5.10 Å². The summed E-state index contributed by atoms with van der Waals surface area (Å²) in [4.78, 5) is 0. The summed E-state index contributed by atoms with van der Waals surface area (Å²) >= 11 is 6.51. The van der Waals surface area contributed by atoms with Gasteiger partial charge in [-0.15, -0.1) is 0 Å². The summed E-state index contributed by atoms with van der Waals surface area (Å²) in [6.45, 7) is 2.89. The lowest BCUT2D eigenvalue weighted by atomic mass is 9.88. The molecule has 4 aromatic rings. The number of aromatic nitrogens is 2. The Bertz CT molecular complexity index is 1310. The number of nitrogens with zero attached hydrogens (tertiary/aromatic N) is 2. The smallest absolute Gasteiger partial charge is 0.150 e. The van der Waals surface area contributed by atoms with Crippen molar-refractivity contribution in [1.29, 1.82) is 0 Å². The highest BCUT2D eigenvalue weighted by molar-refractivity contribution is 6.32. The lowest BCUT2D eigenvalue weighted by Crippen LogP contribution is -2.18. The molecule has 0 N–H and O–H groups in total. The van der Waals surface area contributed by atoms with Crippen molar-refractivity contribution in [1.82, 2.24) is 9.78 Å². The van der Waals surface area contributed by atoms with E-state index in [0.29, 0.717) is 5.02 Å². The van der Waals surface area contributed by atoms with E-state index in [1.165, 1.54) is 12.1 Å². The van der Waals surface area contributed by atoms with Gasteiger partial charge in [-0.25, -0.2) is 9.07 Å². The largest absolute Gasteiger partial charge is 0.356 e. The van der Waals surface area contributed by atoms with Crippen molar-refractivity contribution in [3.63, 3.8) is 0 Å². The van der Waals surface area contributed by atoms with Gasteiger partial charge in [0.2, 0.25) is 0 Å². The first kappa shape index (κ1) is 21.9. The van der Waals surface area contributed by atoms with Crippen molar-refractivity contribution in [2.45, 2.75) is 38.8 Å². The molecule has 0 aliphatic carbocycles. The van der Waals surface area contributed by atoms with Gasteiger partial charge in [-0.3, -0.25) is 0 Å². The fourth-order valence-electron chi connectivity index (χ4n) is 4.71. The van der Waals surface area contributed by atoms with E-state index in [2.05, 4.69) is 42.4 Å². The van der Waals surface area contributed by atoms with Crippen LogP contribution >= 0.6 is 11.6 Å². The van der Waals surface area contributed by atoms with Crippen LogP contribution in [0.25, 0.3) is 22.0 Å². The van der Waals surface area contributed by atoms with Crippen LogP contribution in [-0.4, -0.2) is 16.4 Å². The maximum absolute atomic E-state index is 13.8. The second kappa shape index (κ2) is 9.50. The summed E-state index contributed by atoms with van der Waals surface area (Å²) < 4.78 is 21.7. The van der Waals surface area contributed by atoms with Gasteiger partial charge < -0.3 is 4.74 Å². The highest BCUT2D eigenvalue weighted by Gasteiger charge is 2.20. The van der Waals surface area contributed by atoms with E-state index in [9.17, 15) is 4.39 Å².